The second-order valence-corrected chi connectivity index (χ2v) is 7.68. The van der Waals surface area contributed by atoms with Gasteiger partial charge in [-0.3, -0.25) is 0 Å². The van der Waals surface area contributed by atoms with Gasteiger partial charge in [-0.2, -0.15) is 0 Å². The number of allylic oxidation sites excluding steroid dienone is 1. The van der Waals surface area contributed by atoms with E-state index in [-0.39, 0.29) is 0 Å². The number of hydrogen-bond acceptors (Lipinski definition) is 0. The Kier molecular flexibility index (Phi) is 18.4. The Balaban J connectivity index is 3.14. The summed E-state index contributed by atoms with van der Waals surface area (Å²) in [7, 11) is 0. The first-order valence-electron chi connectivity index (χ1n) is 8.70. The Bertz CT molecular complexity index is 202. The molecule has 0 aliphatic carbocycles. The molecule has 0 nitrogen and oxygen atoms in total. The summed E-state index contributed by atoms with van der Waals surface area (Å²) in [5.74, 6) is 0. The summed E-state index contributed by atoms with van der Waals surface area (Å²) in [6, 6.07) is 0. The minimum Gasteiger partial charge on any atom is -0.0891 e. The van der Waals surface area contributed by atoms with Gasteiger partial charge >= 0.3 is 0 Å². The van der Waals surface area contributed by atoms with Crippen molar-refractivity contribution in [2.75, 3.05) is 0 Å². The van der Waals surface area contributed by atoms with Gasteiger partial charge in [-0.25, -0.2) is 0 Å². The van der Waals surface area contributed by atoms with Crippen LogP contribution in [0, 0.1) is 0 Å². The van der Waals surface area contributed by atoms with E-state index in [1.54, 1.807) is 0 Å². The van der Waals surface area contributed by atoms with Gasteiger partial charge in [0.1, 0.15) is 0 Å². The Labute approximate surface area is 144 Å². The lowest BCUT2D eigenvalue weighted by Gasteiger charge is -2.09. The van der Waals surface area contributed by atoms with Gasteiger partial charge in [0.2, 0.25) is 0 Å². The molecule has 0 spiro atoms. The fourth-order valence-corrected chi connectivity index (χ4v) is 3.42. The van der Waals surface area contributed by atoms with Crippen LogP contribution >= 0.6 is 31.9 Å². The van der Waals surface area contributed by atoms with Crippen LogP contribution in [0.4, 0.5) is 0 Å². The number of alkyl halides is 1. The summed E-state index contributed by atoms with van der Waals surface area (Å²) < 4.78 is 0. The molecule has 0 aromatic rings. The van der Waals surface area contributed by atoms with Crippen molar-refractivity contribution in [1.29, 1.82) is 0 Å². The fraction of sp³-hybridized carbons (Fsp3) is 0.889. The zero-order valence-electron chi connectivity index (χ0n) is 13.4. The number of unbranched alkanes of at least 4 members (excludes halogenated alkanes) is 10. The molecule has 0 radical (unpaired) electrons. The molecule has 2 heteroatoms. The van der Waals surface area contributed by atoms with Crippen molar-refractivity contribution in [3.05, 3.63) is 11.1 Å². The molecule has 0 saturated heterocycles. The van der Waals surface area contributed by atoms with Crippen molar-refractivity contribution < 1.29 is 0 Å². The van der Waals surface area contributed by atoms with E-state index in [4.69, 9.17) is 0 Å². The molecule has 0 aromatic carbocycles. The lowest BCUT2D eigenvalue weighted by atomic mass is 10.0. The van der Waals surface area contributed by atoms with Crippen molar-refractivity contribution in [3.63, 3.8) is 0 Å². The zero-order chi connectivity index (χ0) is 14.9. The quantitative estimate of drug-likeness (QED) is 0.189. The molecule has 0 heterocycles. The van der Waals surface area contributed by atoms with Crippen molar-refractivity contribution in [3.8, 4) is 0 Å². The highest BCUT2D eigenvalue weighted by molar-refractivity contribution is 9.11. The fourth-order valence-electron chi connectivity index (χ4n) is 2.51. The maximum absolute atomic E-state index is 3.84. The third-order valence-electron chi connectivity index (χ3n) is 3.85. The van der Waals surface area contributed by atoms with Crippen LogP contribution in [0.2, 0.25) is 0 Å². The topological polar surface area (TPSA) is 0 Å². The van der Waals surface area contributed by atoms with Crippen LogP contribution in [-0.2, 0) is 0 Å². The lowest BCUT2D eigenvalue weighted by Crippen LogP contribution is -1.97. The normalized spacial score (nSPS) is 13.2. The number of halogens is 2. The van der Waals surface area contributed by atoms with Gasteiger partial charge in [0.15, 0.2) is 0 Å². The SMILES string of the molecule is CCCCCCCCCCC(Br)CCCCCC=CBr. The smallest absolute Gasteiger partial charge is 0.0145 e. The summed E-state index contributed by atoms with van der Waals surface area (Å²) in [4.78, 5) is 2.73. The van der Waals surface area contributed by atoms with Gasteiger partial charge in [-0.05, 0) is 30.7 Å². The standard InChI is InChI=1S/C18H34Br2/c1-2-3-4-5-6-7-9-12-15-18(20)16-13-10-8-11-14-17-19/h14,17-18H,2-13,15-16H2,1H3. The second kappa shape index (κ2) is 17.8. The molecule has 0 aromatic heterocycles. The lowest BCUT2D eigenvalue weighted by molar-refractivity contribution is 0.545. The zero-order valence-corrected chi connectivity index (χ0v) is 16.6. The van der Waals surface area contributed by atoms with Crippen molar-refractivity contribution in [2.24, 2.45) is 0 Å². The van der Waals surface area contributed by atoms with E-state index in [0.29, 0.717) is 0 Å². The average Bonchev–Trinajstić information content (AvgIpc) is 2.45. The summed E-state index contributed by atoms with van der Waals surface area (Å²) in [5, 5.41) is 0. The van der Waals surface area contributed by atoms with Crippen molar-refractivity contribution in [1.82, 2.24) is 0 Å². The van der Waals surface area contributed by atoms with Crippen LogP contribution in [0.5, 0.6) is 0 Å². The van der Waals surface area contributed by atoms with E-state index >= 15 is 0 Å². The largest absolute Gasteiger partial charge is 0.0891 e. The van der Waals surface area contributed by atoms with Gasteiger partial charge in [-0.1, -0.05) is 109 Å². The molecule has 0 fully saturated rings. The van der Waals surface area contributed by atoms with E-state index in [9.17, 15) is 0 Å². The average molecular weight is 410 g/mol. The third-order valence-corrected chi connectivity index (χ3v) is 5.14. The van der Waals surface area contributed by atoms with Crippen LogP contribution in [0.15, 0.2) is 11.1 Å². The molecule has 0 bridgehead atoms. The van der Waals surface area contributed by atoms with Crippen LogP contribution in [-0.4, -0.2) is 4.83 Å². The summed E-state index contributed by atoms with van der Waals surface area (Å²) >= 11 is 7.15. The maximum atomic E-state index is 3.84. The highest BCUT2D eigenvalue weighted by Crippen LogP contribution is 2.19. The molecule has 1 atom stereocenters. The third kappa shape index (κ3) is 16.8. The van der Waals surface area contributed by atoms with E-state index in [0.717, 1.165) is 4.83 Å². The van der Waals surface area contributed by atoms with Gasteiger partial charge in [-0.15, -0.1) is 0 Å². The Hall–Kier alpha value is 0.700. The van der Waals surface area contributed by atoms with Gasteiger partial charge in [0.25, 0.3) is 0 Å². The Morgan fingerprint density at radius 3 is 1.80 bits per heavy atom. The predicted molar refractivity (Wildman–Crippen MR) is 101 cm³/mol. The summed E-state index contributed by atoms with van der Waals surface area (Å²) in [6.45, 7) is 2.29. The van der Waals surface area contributed by atoms with Crippen LogP contribution in [0.25, 0.3) is 0 Å². The monoisotopic (exact) mass is 408 g/mol. The van der Waals surface area contributed by atoms with Gasteiger partial charge < -0.3 is 0 Å². The van der Waals surface area contributed by atoms with E-state index < -0.39 is 0 Å². The highest BCUT2D eigenvalue weighted by atomic mass is 79.9. The molecule has 0 aliphatic heterocycles. The minimum atomic E-state index is 0.759. The number of hydrogen-bond donors (Lipinski definition) is 0. The van der Waals surface area contributed by atoms with E-state index in [1.165, 1.54) is 89.9 Å². The molecule has 0 aliphatic rings. The van der Waals surface area contributed by atoms with E-state index in [2.05, 4.69) is 44.9 Å². The van der Waals surface area contributed by atoms with Crippen LogP contribution in [0.1, 0.15) is 96.8 Å². The molecule has 0 amide bonds. The molecule has 0 N–H and O–H groups in total. The number of rotatable bonds is 15. The van der Waals surface area contributed by atoms with Gasteiger partial charge in [0, 0.05) is 4.83 Å². The Morgan fingerprint density at radius 1 is 0.750 bits per heavy atom. The minimum absolute atomic E-state index is 0.759. The molecule has 0 rings (SSSR count). The van der Waals surface area contributed by atoms with Crippen molar-refractivity contribution >= 4 is 31.9 Å². The summed E-state index contributed by atoms with van der Waals surface area (Å²) in [6.07, 6.45) is 21.7. The maximum Gasteiger partial charge on any atom is 0.0145 e. The Morgan fingerprint density at radius 2 is 1.25 bits per heavy atom. The second-order valence-electron chi connectivity index (χ2n) is 5.86. The predicted octanol–water partition coefficient (Wildman–Crippen LogP) is 8.14. The first kappa shape index (κ1) is 20.7. The first-order chi connectivity index (χ1) is 9.81. The van der Waals surface area contributed by atoms with Crippen LogP contribution < -0.4 is 0 Å². The van der Waals surface area contributed by atoms with E-state index in [1.807, 2.05) is 4.99 Å². The first-order valence-corrected chi connectivity index (χ1v) is 10.5. The highest BCUT2D eigenvalue weighted by Gasteiger charge is 2.03. The van der Waals surface area contributed by atoms with Gasteiger partial charge in [0.05, 0.1) is 0 Å². The molecule has 0 saturated carbocycles. The van der Waals surface area contributed by atoms with Crippen molar-refractivity contribution in [2.45, 2.75) is 102 Å². The molecule has 120 valence electrons. The van der Waals surface area contributed by atoms with Crippen LogP contribution in [0.3, 0.4) is 0 Å². The molecule has 20 heavy (non-hydrogen) atoms. The summed E-state index contributed by atoms with van der Waals surface area (Å²) in [5.41, 5.74) is 0. The molecule has 1 unspecified atom stereocenters. The molecular formula is C18H34Br2. The molecular weight excluding hydrogens is 376 g/mol.